The molecule has 0 saturated carbocycles. The summed E-state index contributed by atoms with van der Waals surface area (Å²) in [4.78, 5) is 45.0. The maximum Gasteiger partial charge on any atom is 0.408 e. The lowest BCUT2D eigenvalue weighted by Crippen LogP contribution is -2.47. The number of fused-ring (bicyclic) bond motifs is 1. The van der Waals surface area contributed by atoms with Gasteiger partial charge in [-0.2, -0.15) is 0 Å². The van der Waals surface area contributed by atoms with Gasteiger partial charge in [-0.15, -0.1) is 0 Å². The summed E-state index contributed by atoms with van der Waals surface area (Å²) in [5, 5.41) is 6.26. The molecule has 0 fully saturated rings. The summed E-state index contributed by atoms with van der Waals surface area (Å²) in [6.07, 6.45) is -1.25. The van der Waals surface area contributed by atoms with Gasteiger partial charge < -0.3 is 26.8 Å². The number of nitrogens with one attached hydrogen (secondary N) is 2. The maximum absolute atomic E-state index is 12.9. The first-order chi connectivity index (χ1) is 15.9. The van der Waals surface area contributed by atoms with E-state index in [2.05, 4.69) is 20.6 Å². The molecule has 0 spiro atoms. The molecule has 11 heteroatoms. The number of nitrogens with two attached hydrogens (primary N) is 2. The van der Waals surface area contributed by atoms with Crippen molar-refractivity contribution in [3.63, 3.8) is 0 Å². The third-order valence-electron chi connectivity index (χ3n) is 4.49. The average molecular weight is 485 g/mol. The molecule has 0 aliphatic heterocycles. The minimum atomic E-state index is -1.23. The first kappa shape index (κ1) is 24.7. The minimum Gasteiger partial charge on any atom is -0.444 e. The van der Waals surface area contributed by atoms with Gasteiger partial charge in [0, 0.05) is 21.7 Å². The van der Waals surface area contributed by atoms with E-state index in [4.69, 9.17) is 27.8 Å². The van der Waals surface area contributed by atoms with E-state index in [1.807, 2.05) is 0 Å². The smallest absolute Gasteiger partial charge is 0.408 e. The Morgan fingerprint density at radius 2 is 1.85 bits per heavy atom. The number of nitrogen functional groups attached to an aromatic ring is 1. The SMILES string of the molecule is CC(C)(C)OC(=O)N[C@H](CC(N)=O)C(=O)Nc1cccc(-c2nc(N)nc3ccc(Cl)cc23)c1. The molecule has 1 heterocycles. The number of carbonyl (C=O) groups excluding carboxylic acids is 3. The van der Waals surface area contributed by atoms with Crippen LogP contribution >= 0.6 is 11.6 Å². The van der Waals surface area contributed by atoms with Crippen molar-refractivity contribution in [2.24, 2.45) is 5.73 Å². The molecule has 34 heavy (non-hydrogen) atoms. The molecule has 178 valence electrons. The number of primary amides is 1. The third-order valence-corrected chi connectivity index (χ3v) is 4.73. The van der Waals surface area contributed by atoms with Crippen LogP contribution in [0, 0.1) is 0 Å². The molecule has 3 aromatic rings. The van der Waals surface area contributed by atoms with E-state index in [9.17, 15) is 14.4 Å². The van der Waals surface area contributed by atoms with Crippen molar-refractivity contribution in [1.29, 1.82) is 0 Å². The third kappa shape index (κ3) is 6.55. The molecule has 1 atom stereocenters. The average Bonchev–Trinajstić information content (AvgIpc) is 2.71. The van der Waals surface area contributed by atoms with Crippen LogP contribution in [0.5, 0.6) is 0 Å². The molecule has 0 radical (unpaired) electrons. The number of amides is 3. The first-order valence-electron chi connectivity index (χ1n) is 10.3. The van der Waals surface area contributed by atoms with E-state index in [1.165, 1.54) is 0 Å². The van der Waals surface area contributed by atoms with Gasteiger partial charge in [0.1, 0.15) is 11.6 Å². The molecule has 10 nitrogen and oxygen atoms in total. The molecule has 0 unspecified atom stereocenters. The number of halogens is 1. The molecule has 1 aromatic heterocycles. The number of hydrogen-bond acceptors (Lipinski definition) is 7. The summed E-state index contributed by atoms with van der Waals surface area (Å²) in [7, 11) is 0. The van der Waals surface area contributed by atoms with Crippen molar-refractivity contribution in [3.05, 3.63) is 47.5 Å². The second kappa shape index (κ2) is 9.92. The fraction of sp³-hybridized carbons (Fsp3) is 0.261. The van der Waals surface area contributed by atoms with Gasteiger partial charge >= 0.3 is 6.09 Å². The summed E-state index contributed by atoms with van der Waals surface area (Å²) in [6.45, 7) is 5.04. The minimum absolute atomic E-state index is 0.0855. The lowest BCUT2D eigenvalue weighted by molar-refractivity contribution is -0.124. The van der Waals surface area contributed by atoms with Gasteiger partial charge in [-0.25, -0.2) is 14.8 Å². The highest BCUT2D eigenvalue weighted by Crippen LogP contribution is 2.30. The number of nitrogens with zero attached hydrogens (tertiary/aromatic N) is 2. The first-order valence-corrected chi connectivity index (χ1v) is 10.7. The van der Waals surface area contributed by atoms with Crippen LogP contribution in [-0.4, -0.2) is 39.5 Å². The van der Waals surface area contributed by atoms with Crippen molar-refractivity contribution in [1.82, 2.24) is 15.3 Å². The van der Waals surface area contributed by atoms with Gasteiger partial charge in [-0.1, -0.05) is 23.7 Å². The van der Waals surface area contributed by atoms with Crippen LogP contribution in [0.15, 0.2) is 42.5 Å². The molecule has 0 aliphatic carbocycles. The number of ether oxygens (including phenoxy) is 1. The normalized spacial score (nSPS) is 12.1. The van der Waals surface area contributed by atoms with Crippen molar-refractivity contribution >= 4 is 52.0 Å². The molecular formula is C23H25ClN6O4. The predicted molar refractivity (Wildman–Crippen MR) is 130 cm³/mol. The Balaban J connectivity index is 1.87. The lowest BCUT2D eigenvalue weighted by Gasteiger charge is -2.23. The molecule has 3 amide bonds. The Morgan fingerprint density at radius 1 is 1.12 bits per heavy atom. The summed E-state index contributed by atoms with van der Waals surface area (Å²) >= 11 is 6.15. The number of hydrogen-bond donors (Lipinski definition) is 4. The van der Waals surface area contributed by atoms with Crippen LogP contribution in [0.2, 0.25) is 5.02 Å². The van der Waals surface area contributed by atoms with Crippen molar-refractivity contribution in [3.8, 4) is 11.3 Å². The Kier molecular flexibility index (Phi) is 7.21. The lowest BCUT2D eigenvalue weighted by atomic mass is 10.1. The molecule has 3 rings (SSSR count). The zero-order chi connectivity index (χ0) is 25.0. The predicted octanol–water partition coefficient (Wildman–Crippen LogP) is 3.24. The highest BCUT2D eigenvalue weighted by atomic mass is 35.5. The molecular weight excluding hydrogens is 460 g/mol. The standard InChI is InChI=1S/C23H25ClN6O4/c1-23(2,3)34-22(33)29-17(11-18(25)31)20(32)27-14-6-4-5-12(9-14)19-15-10-13(24)7-8-16(15)28-21(26)30-19/h4-10,17H,11H2,1-3H3,(H2,25,31)(H,27,32)(H,29,33)(H2,26,28,30)/t17-/m1/s1. The van der Waals surface area contributed by atoms with E-state index in [0.717, 1.165) is 0 Å². The van der Waals surface area contributed by atoms with E-state index in [-0.39, 0.29) is 5.95 Å². The fourth-order valence-corrected chi connectivity index (χ4v) is 3.34. The van der Waals surface area contributed by atoms with Crippen molar-refractivity contribution in [2.75, 3.05) is 11.1 Å². The zero-order valence-corrected chi connectivity index (χ0v) is 19.6. The summed E-state index contributed by atoms with van der Waals surface area (Å²) in [6, 6.07) is 10.8. The van der Waals surface area contributed by atoms with Gasteiger partial charge in [0.15, 0.2) is 0 Å². The van der Waals surface area contributed by atoms with Gasteiger partial charge in [0.25, 0.3) is 0 Å². The van der Waals surface area contributed by atoms with Crippen LogP contribution in [-0.2, 0) is 14.3 Å². The van der Waals surface area contributed by atoms with E-state index >= 15 is 0 Å². The Bertz CT molecular complexity index is 1260. The number of anilines is 2. The maximum atomic E-state index is 12.9. The number of carbonyl (C=O) groups is 3. The van der Waals surface area contributed by atoms with Crippen LogP contribution in [0.4, 0.5) is 16.4 Å². The van der Waals surface area contributed by atoms with E-state index in [1.54, 1.807) is 63.2 Å². The van der Waals surface area contributed by atoms with Gasteiger partial charge in [-0.3, -0.25) is 9.59 Å². The van der Waals surface area contributed by atoms with Crippen molar-refractivity contribution < 1.29 is 19.1 Å². The largest absolute Gasteiger partial charge is 0.444 e. The molecule has 0 bridgehead atoms. The Hall–Kier alpha value is -3.92. The second-order valence-electron chi connectivity index (χ2n) is 8.53. The molecule has 0 saturated heterocycles. The van der Waals surface area contributed by atoms with Gasteiger partial charge in [-0.05, 0) is 51.1 Å². The highest BCUT2D eigenvalue weighted by molar-refractivity contribution is 6.31. The topological polar surface area (TPSA) is 162 Å². The quantitative estimate of drug-likeness (QED) is 0.417. The van der Waals surface area contributed by atoms with E-state index < -0.39 is 36.0 Å². The van der Waals surface area contributed by atoms with Crippen LogP contribution < -0.4 is 22.1 Å². The molecule has 0 aliphatic rings. The monoisotopic (exact) mass is 484 g/mol. The molecule has 2 aromatic carbocycles. The highest BCUT2D eigenvalue weighted by Gasteiger charge is 2.26. The van der Waals surface area contributed by atoms with Gasteiger partial charge in [0.05, 0.1) is 17.6 Å². The fourth-order valence-electron chi connectivity index (χ4n) is 3.17. The molecule has 6 N–H and O–H groups in total. The van der Waals surface area contributed by atoms with Crippen LogP contribution in [0.3, 0.4) is 0 Å². The zero-order valence-electron chi connectivity index (χ0n) is 18.9. The summed E-state index contributed by atoms with van der Waals surface area (Å²) in [5.74, 6) is -1.32. The Morgan fingerprint density at radius 3 is 2.53 bits per heavy atom. The number of aromatic nitrogens is 2. The van der Waals surface area contributed by atoms with Crippen LogP contribution in [0.25, 0.3) is 22.2 Å². The van der Waals surface area contributed by atoms with Gasteiger partial charge in [0.2, 0.25) is 17.8 Å². The number of rotatable bonds is 6. The van der Waals surface area contributed by atoms with Crippen LogP contribution in [0.1, 0.15) is 27.2 Å². The summed E-state index contributed by atoms with van der Waals surface area (Å²) < 4.78 is 5.17. The summed E-state index contributed by atoms with van der Waals surface area (Å²) in [5.41, 5.74) is 12.5. The number of benzene rings is 2. The number of alkyl carbamates (subject to hydrolysis) is 1. The second-order valence-corrected chi connectivity index (χ2v) is 8.97. The van der Waals surface area contributed by atoms with E-state index in [0.29, 0.717) is 32.9 Å². The van der Waals surface area contributed by atoms with Crippen molar-refractivity contribution in [2.45, 2.75) is 38.8 Å². The Labute approximate surface area is 201 Å².